The van der Waals surface area contributed by atoms with E-state index in [-0.39, 0.29) is 0 Å². The Labute approximate surface area is 107 Å². The van der Waals surface area contributed by atoms with Crippen molar-refractivity contribution in [2.75, 3.05) is 19.8 Å². The average molecular weight is 295 g/mol. The number of sulfonamides is 1. The van der Waals surface area contributed by atoms with E-state index in [0.29, 0.717) is 0 Å². The van der Waals surface area contributed by atoms with Crippen molar-refractivity contribution in [3.05, 3.63) is 11.8 Å². The van der Waals surface area contributed by atoms with Gasteiger partial charge in [-0.15, -0.1) is 0 Å². The van der Waals surface area contributed by atoms with Crippen molar-refractivity contribution in [2.45, 2.75) is 10.6 Å². The summed E-state index contributed by atoms with van der Waals surface area (Å²) >= 11 is 0. The zero-order chi connectivity index (χ0) is 14.7. The van der Waals surface area contributed by atoms with Crippen LogP contribution < -0.4 is 4.72 Å². The highest BCUT2D eigenvalue weighted by atomic mass is 32.2. The standard InChI is InChI=1S/C8H13N3O7S/c12-2-8(3-13,4-14)11-19(17,18)6-5(7(15)16)1-9-10-6/h1,11-14H,2-4H2,(H,9,10)(H,15,16). The van der Waals surface area contributed by atoms with Crippen LogP contribution in [0, 0.1) is 0 Å². The molecule has 108 valence electrons. The lowest BCUT2D eigenvalue weighted by molar-refractivity contribution is 0.0581. The number of aliphatic hydroxyl groups is 3. The van der Waals surface area contributed by atoms with Gasteiger partial charge >= 0.3 is 5.97 Å². The molecule has 0 saturated carbocycles. The number of rotatable bonds is 7. The lowest BCUT2D eigenvalue weighted by Gasteiger charge is -2.27. The normalized spacial score (nSPS) is 12.6. The number of carboxylic acids is 1. The minimum atomic E-state index is -4.42. The summed E-state index contributed by atoms with van der Waals surface area (Å²) in [6.45, 7) is -2.64. The van der Waals surface area contributed by atoms with Crippen molar-refractivity contribution in [1.29, 1.82) is 0 Å². The van der Waals surface area contributed by atoms with Crippen LogP contribution >= 0.6 is 0 Å². The molecule has 11 heteroatoms. The molecular weight excluding hydrogens is 282 g/mol. The van der Waals surface area contributed by atoms with Crippen LogP contribution in [0.3, 0.4) is 0 Å². The zero-order valence-corrected chi connectivity index (χ0v) is 10.4. The van der Waals surface area contributed by atoms with Gasteiger partial charge in [0.2, 0.25) is 0 Å². The molecule has 0 fully saturated rings. The average Bonchev–Trinajstić information content (AvgIpc) is 2.86. The molecule has 0 unspecified atom stereocenters. The second-order valence-electron chi connectivity index (χ2n) is 3.78. The third-order valence-corrected chi connectivity index (χ3v) is 3.91. The van der Waals surface area contributed by atoms with Crippen molar-refractivity contribution < 1.29 is 33.6 Å². The Balaban J connectivity index is 3.18. The Morgan fingerprint density at radius 3 is 2.26 bits per heavy atom. The molecule has 0 aliphatic heterocycles. The highest BCUT2D eigenvalue weighted by Crippen LogP contribution is 2.15. The van der Waals surface area contributed by atoms with Gasteiger partial charge in [-0.2, -0.15) is 9.82 Å². The molecule has 10 nitrogen and oxygen atoms in total. The molecule has 0 saturated heterocycles. The van der Waals surface area contributed by atoms with Crippen LogP contribution in [0.4, 0.5) is 0 Å². The van der Waals surface area contributed by atoms with Crippen molar-refractivity contribution in [2.24, 2.45) is 0 Å². The molecule has 0 spiro atoms. The molecule has 1 heterocycles. The Hall–Kier alpha value is -1.53. The molecule has 0 radical (unpaired) electrons. The van der Waals surface area contributed by atoms with Crippen LogP contribution in [0.25, 0.3) is 0 Å². The topological polar surface area (TPSA) is 173 Å². The number of hydrogen-bond donors (Lipinski definition) is 6. The summed E-state index contributed by atoms with van der Waals surface area (Å²) in [5, 5.41) is 40.4. The molecule has 19 heavy (non-hydrogen) atoms. The van der Waals surface area contributed by atoms with E-state index in [0.717, 1.165) is 6.20 Å². The number of nitrogens with one attached hydrogen (secondary N) is 2. The first kappa shape index (κ1) is 15.5. The maximum atomic E-state index is 11.9. The predicted molar refractivity (Wildman–Crippen MR) is 59.9 cm³/mol. The minimum absolute atomic E-state index is 0.602. The molecule has 0 aliphatic rings. The summed E-state index contributed by atoms with van der Waals surface area (Å²) in [4.78, 5) is 10.8. The molecular formula is C8H13N3O7S. The molecule has 0 bridgehead atoms. The van der Waals surface area contributed by atoms with Gasteiger partial charge in [-0.05, 0) is 0 Å². The molecule has 0 atom stereocenters. The van der Waals surface area contributed by atoms with E-state index in [4.69, 9.17) is 20.4 Å². The third kappa shape index (κ3) is 3.08. The lowest BCUT2D eigenvalue weighted by atomic mass is 10.1. The molecule has 6 N–H and O–H groups in total. The molecule has 1 aromatic heterocycles. The van der Waals surface area contributed by atoms with Crippen LogP contribution in [0.1, 0.15) is 10.4 Å². The Kier molecular flexibility index (Phi) is 4.60. The van der Waals surface area contributed by atoms with Crippen molar-refractivity contribution in [3.8, 4) is 0 Å². The van der Waals surface area contributed by atoms with Gasteiger partial charge in [-0.1, -0.05) is 0 Å². The predicted octanol–water partition coefficient (Wildman–Crippen LogP) is -2.90. The van der Waals surface area contributed by atoms with Gasteiger partial charge in [-0.25, -0.2) is 13.2 Å². The van der Waals surface area contributed by atoms with E-state index in [1.54, 1.807) is 0 Å². The second-order valence-corrected chi connectivity index (χ2v) is 5.40. The number of hydrogen-bond acceptors (Lipinski definition) is 7. The van der Waals surface area contributed by atoms with Gasteiger partial charge < -0.3 is 20.4 Å². The summed E-state index contributed by atoms with van der Waals surface area (Å²) in [6, 6.07) is 0. The Morgan fingerprint density at radius 1 is 1.32 bits per heavy atom. The molecule has 0 aliphatic carbocycles. The highest BCUT2D eigenvalue weighted by molar-refractivity contribution is 7.89. The number of aliphatic hydroxyl groups excluding tert-OH is 3. The van der Waals surface area contributed by atoms with Gasteiger partial charge in [0.15, 0.2) is 5.03 Å². The van der Waals surface area contributed by atoms with Gasteiger partial charge in [0, 0.05) is 0 Å². The molecule has 0 amide bonds. The smallest absolute Gasteiger partial charge is 0.340 e. The van der Waals surface area contributed by atoms with Crippen LogP contribution in [0.2, 0.25) is 0 Å². The summed E-state index contributed by atoms with van der Waals surface area (Å²) < 4.78 is 25.7. The number of H-pyrrole nitrogens is 1. The van der Waals surface area contributed by atoms with Gasteiger partial charge in [0.1, 0.15) is 11.1 Å². The van der Waals surface area contributed by atoms with E-state index < -0.39 is 51.9 Å². The Morgan fingerprint density at radius 2 is 1.84 bits per heavy atom. The fourth-order valence-electron chi connectivity index (χ4n) is 1.21. The van der Waals surface area contributed by atoms with E-state index in [2.05, 4.69) is 5.10 Å². The summed E-state index contributed by atoms with van der Waals surface area (Å²) in [7, 11) is -4.42. The van der Waals surface area contributed by atoms with Crippen molar-refractivity contribution in [1.82, 2.24) is 14.9 Å². The largest absolute Gasteiger partial charge is 0.478 e. The fourth-order valence-corrected chi connectivity index (χ4v) is 2.68. The molecule has 0 aromatic carbocycles. The van der Waals surface area contributed by atoms with Crippen LogP contribution in [0.15, 0.2) is 11.2 Å². The van der Waals surface area contributed by atoms with Crippen LogP contribution in [-0.4, -0.2) is 70.4 Å². The number of aromatic carboxylic acids is 1. The summed E-state index contributed by atoms with van der Waals surface area (Å²) in [5.74, 6) is -1.52. The summed E-state index contributed by atoms with van der Waals surface area (Å²) in [6.07, 6.45) is 0.801. The first-order chi connectivity index (χ1) is 8.82. The zero-order valence-electron chi connectivity index (χ0n) is 9.57. The maximum absolute atomic E-state index is 11.9. The quantitative estimate of drug-likeness (QED) is 0.311. The van der Waals surface area contributed by atoms with E-state index >= 15 is 0 Å². The fraction of sp³-hybridized carbons (Fsp3) is 0.500. The van der Waals surface area contributed by atoms with E-state index in [1.807, 2.05) is 9.82 Å². The first-order valence-electron chi connectivity index (χ1n) is 4.95. The number of nitrogens with zero attached hydrogens (tertiary/aromatic N) is 1. The first-order valence-corrected chi connectivity index (χ1v) is 6.43. The van der Waals surface area contributed by atoms with Gasteiger partial charge in [-0.3, -0.25) is 5.10 Å². The second kappa shape index (κ2) is 5.63. The monoisotopic (exact) mass is 295 g/mol. The van der Waals surface area contributed by atoms with Crippen molar-refractivity contribution >= 4 is 16.0 Å². The Bertz CT molecular complexity index is 540. The molecule has 1 rings (SSSR count). The SMILES string of the molecule is O=C(O)c1cn[nH]c1S(=O)(=O)NC(CO)(CO)CO. The van der Waals surface area contributed by atoms with Crippen molar-refractivity contribution in [3.63, 3.8) is 0 Å². The number of aromatic amines is 1. The highest BCUT2D eigenvalue weighted by Gasteiger charge is 2.36. The van der Waals surface area contributed by atoms with Gasteiger partial charge in [0.25, 0.3) is 10.0 Å². The molecule has 1 aromatic rings. The number of aromatic nitrogens is 2. The lowest BCUT2D eigenvalue weighted by Crippen LogP contribution is -2.57. The third-order valence-electron chi connectivity index (χ3n) is 2.36. The van der Waals surface area contributed by atoms with Gasteiger partial charge in [0.05, 0.1) is 26.0 Å². The van der Waals surface area contributed by atoms with Crippen LogP contribution in [0.5, 0.6) is 0 Å². The number of carboxylic acid groups (broad SMARTS) is 1. The van der Waals surface area contributed by atoms with E-state index in [9.17, 15) is 13.2 Å². The maximum Gasteiger partial charge on any atom is 0.340 e. The summed E-state index contributed by atoms with van der Waals surface area (Å²) in [5.41, 5.74) is -2.50. The van der Waals surface area contributed by atoms with Crippen LogP contribution in [-0.2, 0) is 10.0 Å². The number of carbonyl (C=O) groups is 1. The minimum Gasteiger partial charge on any atom is -0.478 e. The van der Waals surface area contributed by atoms with E-state index in [1.165, 1.54) is 0 Å².